The molecule has 0 aliphatic carbocycles. The van der Waals surface area contributed by atoms with Crippen LogP contribution in [0.25, 0.3) is 0 Å². The number of nitrogens with one attached hydrogen (secondary N) is 2. The lowest BCUT2D eigenvalue weighted by molar-refractivity contribution is 0.101. The van der Waals surface area contributed by atoms with Crippen LogP contribution in [0.2, 0.25) is 0 Å². The zero-order chi connectivity index (χ0) is 13.9. The molecule has 0 unspecified atom stereocenters. The lowest BCUT2D eigenvalue weighted by Gasteiger charge is -2.18. The molecule has 0 spiro atoms. The maximum atomic E-state index is 12.3. The van der Waals surface area contributed by atoms with Crippen molar-refractivity contribution in [3.63, 3.8) is 0 Å². The highest BCUT2D eigenvalue weighted by atomic mass is 16.1. The van der Waals surface area contributed by atoms with E-state index in [0.717, 1.165) is 31.7 Å². The molecule has 1 aromatic carbocycles. The van der Waals surface area contributed by atoms with Gasteiger partial charge in [-0.1, -0.05) is 6.07 Å². The molecule has 0 fully saturated rings. The van der Waals surface area contributed by atoms with E-state index in [1.54, 1.807) is 0 Å². The third-order valence-corrected chi connectivity index (χ3v) is 3.75. The molecule has 2 N–H and O–H groups in total. The summed E-state index contributed by atoms with van der Waals surface area (Å²) in [6.07, 6.45) is 2.98. The fourth-order valence-corrected chi connectivity index (χ4v) is 2.65. The van der Waals surface area contributed by atoms with E-state index in [2.05, 4.69) is 22.8 Å². The number of rotatable bonds is 3. The Balaban J connectivity index is 1.79. The molecule has 0 bridgehead atoms. The Morgan fingerprint density at radius 2 is 2.25 bits per heavy atom. The Morgan fingerprint density at radius 1 is 1.35 bits per heavy atom. The molecule has 2 aromatic rings. The zero-order valence-corrected chi connectivity index (χ0v) is 11.6. The molecule has 0 saturated heterocycles. The summed E-state index contributed by atoms with van der Waals surface area (Å²) in [5.74, 6) is -0.0550. The van der Waals surface area contributed by atoms with E-state index in [-0.39, 0.29) is 5.91 Å². The fraction of sp³-hybridized carbons (Fsp3) is 0.312. The average molecular weight is 269 g/mol. The van der Waals surface area contributed by atoms with E-state index in [0.29, 0.717) is 5.69 Å². The lowest BCUT2D eigenvalue weighted by atomic mass is 10.0. The highest BCUT2D eigenvalue weighted by Crippen LogP contribution is 2.19. The van der Waals surface area contributed by atoms with Crippen molar-refractivity contribution in [3.8, 4) is 0 Å². The smallest absolute Gasteiger partial charge is 0.272 e. The van der Waals surface area contributed by atoms with E-state index in [9.17, 15) is 4.79 Å². The zero-order valence-electron chi connectivity index (χ0n) is 11.6. The van der Waals surface area contributed by atoms with Gasteiger partial charge < -0.3 is 15.2 Å². The molecule has 2 heterocycles. The summed E-state index contributed by atoms with van der Waals surface area (Å²) in [5.41, 5.74) is 4.21. The van der Waals surface area contributed by atoms with Gasteiger partial charge in [0.1, 0.15) is 5.69 Å². The Morgan fingerprint density at radius 3 is 3.10 bits per heavy atom. The first-order valence-corrected chi connectivity index (χ1v) is 7.07. The van der Waals surface area contributed by atoms with Crippen LogP contribution in [-0.2, 0) is 19.5 Å². The second-order valence-corrected chi connectivity index (χ2v) is 5.04. The van der Waals surface area contributed by atoms with Crippen molar-refractivity contribution in [3.05, 3.63) is 53.3 Å². The number of carbonyl (C=O) groups is 1. The topological polar surface area (TPSA) is 46.1 Å². The molecule has 4 heteroatoms. The number of hydrogen-bond donors (Lipinski definition) is 2. The Hall–Kier alpha value is -2.07. The van der Waals surface area contributed by atoms with Crippen molar-refractivity contribution >= 4 is 11.6 Å². The summed E-state index contributed by atoms with van der Waals surface area (Å²) in [5, 5.41) is 6.33. The van der Waals surface area contributed by atoms with Crippen molar-refractivity contribution < 1.29 is 4.79 Å². The number of aromatic nitrogens is 1. The van der Waals surface area contributed by atoms with E-state index >= 15 is 0 Å². The van der Waals surface area contributed by atoms with E-state index in [1.807, 2.05) is 35.9 Å². The van der Waals surface area contributed by atoms with Crippen LogP contribution in [0.4, 0.5) is 5.69 Å². The maximum absolute atomic E-state index is 12.3. The number of anilines is 1. The van der Waals surface area contributed by atoms with Crippen LogP contribution < -0.4 is 10.6 Å². The maximum Gasteiger partial charge on any atom is 0.272 e. The number of fused-ring (bicyclic) bond motifs is 1. The van der Waals surface area contributed by atoms with Gasteiger partial charge in [0.2, 0.25) is 0 Å². The molecular formula is C16H19N3O. The molecule has 0 radical (unpaired) electrons. The SMILES string of the molecule is CCn1cccc1C(=O)Nc1ccc2c(c1)CNCC2. The lowest BCUT2D eigenvalue weighted by Crippen LogP contribution is -2.24. The number of hydrogen-bond acceptors (Lipinski definition) is 2. The van der Waals surface area contributed by atoms with E-state index < -0.39 is 0 Å². The van der Waals surface area contributed by atoms with Gasteiger partial charge in [-0.05, 0) is 55.3 Å². The van der Waals surface area contributed by atoms with E-state index in [1.165, 1.54) is 11.1 Å². The van der Waals surface area contributed by atoms with Crippen LogP contribution in [0.1, 0.15) is 28.5 Å². The monoisotopic (exact) mass is 269 g/mol. The summed E-state index contributed by atoms with van der Waals surface area (Å²) in [6.45, 7) is 4.73. The summed E-state index contributed by atoms with van der Waals surface area (Å²) in [4.78, 5) is 12.3. The number of aryl methyl sites for hydroxylation is 1. The van der Waals surface area contributed by atoms with E-state index in [4.69, 9.17) is 0 Å². The second kappa shape index (κ2) is 5.51. The number of carbonyl (C=O) groups excluding carboxylic acids is 1. The van der Waals surface area contributed by atoms with Crippen molar-refractivity contribution in [1.82, 2.24) is 9.88 Å². The third kappa shape index (κ3) is 2.47. The Kier molecular flexibility index (Phi) is 3.56. The minimum absolute atomic E-state index is 0.0550. The highest BCUT2D eigenvalue weighted by Gasteiger charge is 2.12. The molecule has 1 amide bonds. The van der Waals surface area contributed by atoms with Crippen LogP contribution >= 0.6 is 0 Å². The first kappa shape index (κ1) is 12.9. The molecule has 3 rings (SSSR count). The molecule has 1 aliphatic rings. The quantitative estimate of drug-likeness (QED) is 0.899. The molecule has 1 aliphatic heterocycles. The minimum atomic E-state index is -0.0550. The summed E-state index contributed by atoms with van der Waals surface area (Å²) in [6, 6.07) is 9.92. The predicted molar refractivity (Wildman–Crippen MR) is 79.9 cm³/mol. The van der Waals surface area contributed by atoms with Crippen molar-refractivity contribution in [2.45, 2.75) is 26.4 Å². The number of benzene rings is 1. The third-order valence-electron chi connectivity index (χ3n) is 3.75. The summed E-state index contributed by atoms with van der Waals surface area (Å²) < 4.78 is 1.94. The molecule has 20 heavy (non-hydrogen) atoms. The Labute approximate surface area is 118 Å². The minimum Gasteiger partial charge on any atom is -0.344 e. The predicted octanol–water partition coefficient (Wildman–Crippen LogP) is 2.41. The van der Waals surface area contributed by atoms with Gasteiger partial charge in [0, 0.05) is 25.0 Å². The first-order valence-electron chi connectivity index (χ1n) is 7.07. The van der Waals surface area contributed by atoms with Crippen LogP contribution in [0.3, 0.4) is 0 Å². The molecule has 0 saturated carbocycles. The van der Waals surface area contributed by atoms with Gasteiger partial charge in [0.15, 0.2) is 0 Å². The number of amides is 1. The van der Waals surface area contributed by atoms with Crippen LogP contribution in [0.5, 0.6) is 0 Å². The van der Waals surface area contributed by atoms with Gasteiger partial charge in [-0.2, -0.15) is 0 Å². The standard InChI is InChI=1S/C16H19N3O/c1-2-19-9-3-4-15(19)16(20)18-14-6-5-12-7-8-17-11-13(12)10-14/h3-6,9-10,17H,2,7-8,11H2,1H3,(H,18,20). The van der Waals surface area contributed by atoms with Gasteiger partial charge in [-0.3, -0.25) is 4.79 Å². The average Bonchev–Trinajstić information content (AvgIpc) is 2.95. The molecule has 0 atom stereocenters. The van der Waals surface area contributed by atoms with Crippen LogP contribution in [0, 0.1) is 0 Å². The molecular weight excluding hydrogens is 250 g/mol. The first-order chi connectivity index (χ1) is 9.78. The highest BCUT2D eigenvalue weighted by molar-refractivity contribution is 6.03. The van der Waals surface area contributed by atoms with Gasteiger partial charge in [0.05, 0.1) is 0 Å². The molecule has 1 aromatic heterocycles. The Bertz CT molecular complexity index is 630. The van der Waals surface area contributed by atoms with Gasteiger partial charge >= 0.3 is 0 Å². The largest absolute Gasteiger partial charge is 0.344 e. The molecule has 104 valence electrons. The van der Waals surface area contributed by atoms with Gasteiger partial charge in [0.25, 0.3) is 5.91 Å². The second-order valence-electron chi connectivity index (χ2n) is 5.04. The summed E-state index contributed by atoms with van der Waals surface area (Å²) in [7, 11) is 0. The van der Waals surface area contributed by atoms with Gasteiger partial charge in [-0.25, -0.2) is 0 Å². The fourth-order valence-electron chi connectivity index (χ4n) is 2.65. The van der Waals surface area contributed by atoms with Crippen molar-refractivity contribution in [2.24, 2.45) is 0 Å². The van der Waals surface area contributed by atoms with Gasteiger partial charge in [-0.15, -0.1) is 0 Å². The van der Waals surface area contributed by atoms with Crippen LogP contribution in [0.15, 0.2) is 36.5 Å². The normalized spacial score (nSPS) is 13.8. The molecule has 4 nitrogen and oxygen atoms in total. The summed E-state index contributed by atoms with van der Waals surface area (Å²) >= 11 is 0. The van der Waals surface area contributed by atoms with Crippen LogP contribution in [-0.4, -0.2) is 17.0 Å². The van der Waals surface area contributed by atoms with Crippen molar-refractivity contribution in [2.75, 3.05) is 11.9 Å². The van der Waals surface area contributed by atoms with Crippen molar-refractivity contribution in [1.29, 1.82) is 0 Å². The number of nitrogens with zero attached hydrogens (tertiary/aromatic N) is 1.